The molecule has 1 fully saturated rings. The molecule has 0 aromatic rings. The van der Waals surface area contributed by atoms with Crippen molar-refractivity contribution >= 4 is 0 Å². The van der Waals surface area contributed by atoms with Crippen LogP contribution < -0.4 is 0 Å². The minimum Gasteiger partial charge on any atom is -0.389 e. The lowest BCUT2D eigenvalue weighted by Crippen LogP contribution is -2.16. The van der Waals surface area contributed by atoms with Gasteiger partial charge in [-0.2, -0.15) is 0 Å². The molecule has 1 N–H and O–H groups in total. The van der Waals surface area contributed by atoms with Gasteiger partial charge in [0, 0.05) is 0 Å². The van der Waals surface area contributed by atoms with Gasteiger partial charge in [0.05, 0.1) is 30.5 Å². The predicted octanol–water partition coefficient (Wildman–Crippen LogP) is 4.08. The minimum absolute atomic E-state index is 0.00543. The third-order valence-corrected chi connectivity index (χ3v) is 5.74. The molecule has 2 heterocycles. The van der Waals surface area contributed by atoms with Gasteiger partial charge in [0.1, 0.15) is 0 Å². The van der Waals surface area contributed by atoms with Crippen molar-refractivity contribution in [3.05, 3.63) is 34.9 Å². The van der Waals surface area contributed by atoms with Crippen LogP contribution in [0.3, 0.4) is 0 Å². The number of ether oxygens (including phenoxy) is 2. The Kier molecular flexibility index (Phi) is 4.82. The van der Waals surface area contributed by atoms with Crippen LogP contribution in [0.1, 0.15) is 59.3 Å². The molecule has 3 nitrogen and oxygen atoms in total. The van der Waals surface area contributed by atoms with Crippen molar-refractivity contribution in [2.75, 3.05) is 6.61 Å². The fourth-order valence-corrected chi connectivity index (χ4v) is 3.81. The summed E-state index contributed by atoms with van der Waals surface area (Å²) >= 11 is 0. The Morgan fingerprint density at radius 2 is 2.00 bits per heavy atom. The highest BCUT2D eigenvalue weighted by molar-refractivity contribution is 5.28. The molecular formula is C20H30O3. The zero-order valence-electron chi connectivity index (χ0n) is 14.7. The van der Waals surface area contributed by atoms with Gasteiger partial charge in [0.2, 0.25) is 0 Å². The summed E-state index contributed by atoms with van der Waals surface area (Å²) in [7, 11) is 0. The Balaban J connectivity index is 1.78. The third kappa shape index (κ3) is 3.78. The zero-order chi connectivity index (χ0) is 16.6. The second-order valence-electron chi connectivity index (χ2n) is 7.72. The van der Waals surface area contributed by atoms with E-state index in [1.54, 1.807) is 0 Å². The largest absolute Gasteiger partial charge is 0.389 e. The lowest BCUT2D eigenvalue weighted by molar-refractivity contribution is 0.149. The minimum atomic E-state index is -0.410. The van der Waals surface area contributed by atoms with Crippen molar-refractivity contribution in [3.8, 4) is 0 Å². The maximum Gasteiger partial charge on any atom is 0.0977 e. The summed E-state index contributed by atoms with van der Waals surface area (Å²) in [6.45, 7) is 11.3. The molecule has 0 amide bonds. The average Bonchev–Trinajstić information content (AvgIpc) is 3.04. The molecule has 23 heavy (non-hydrogen) atoms. The van der Waals surface area contributed by atoms with E-state index < -0.39 is 6.10 Å². The third-order valence-electron chi connectivity index (χ3n) is 5.74. The van der Waals surface area contributed by atoms with Crippen LogP contribution in [0.4, 0.5) is 0 Å². The van der Waals surface area contributed by atoms with Gasteiger partial charge in [-0.1, -0.05) is 18.2 Å². The fraction of sp³-hybridized carbons (Fsp3) is 0.700. The number of rotatable bonds is 0. The van der Waals surface area contributed by atoms with Gasteiger partial charge >= 0.3 is 0 Å². The van der Waals surface area contributed by atoms with Crippen LogP contribution in [-0.4, -0.2) is 35.6 Å². The topological polar surface area (TPSA) is 42.0 Å². The SMILES string of the molecule is C=C1CC[C@H]2O[C@]2(C)CCC2=C(C)CO[C@H]2/C=C(\C)CC[C@H]1O. The lowest BCUT2D eigenvalue weighted by Gasteiger charge is -2.17. The first-order valence-corrected chi connectivity index (χ1v) is 8.90. The molecule has 0 saturated carbocycles. The number of hydrogen-bond acceptors (Lipinski definition) is 3. The fourth-order valence-electron chi connectivity index (χ4n) is 3.81. The van der Waals surface area contributed by atoms with Crippen LogP contribution in [0.25, 0.3) is 0 Å². The molecule has 0 unspecified atom stereocenters. The van der Waals surface area contributed by atoms with Gasteiger partial charge in [-0.3, -0.25) is 0 Å². The highest BCUT2D eigenvalue weighted by Gasteiger charge is 2.51. The molecule has 128 valence electrons. The summed E-state index contributed by atoms with van der Waals surface area (Å²) in [5.41, 5.74) is 5.04. The molecule has 0 aromatic carbocycles. The first-order chi connectivity index (χ1) is 10.9. The van der Waals surface area contributed by atoms with E-state index >= 15 is 0 Å². The van der Waals surface area contributed by atoms with Gasteiger partial charge < -0.3 is 14.6 Å². The number of hydrogen-bond donors (Lipinski definition) is 1. The smallest absolute Gasteiger partial charge is 0.0977 e. The van der Waals surface area contributed by atoms with Crippen molar-refractivity contribution in [1.82, 2.24) is 0 Å². The van der Waals surface area contributed by atoms with Crippen molar-refractivity contribution < 1.29 is 14.6 Å². The Hall–Kier alpha value is -0.900. The van der Waals surface area contributed by atoms with Gasteiger partial charge in [0.25, 0.3) is 0 Å². The number of fused-ring (bicyclic) bond motifs is 2. The highest BCUT2D eigenvalue weighted by atomic mass is 16.6. The maximum atomic E-state index is 10.3. The van der Waals surface area contributed by atoms with E-state index in [0.29, 0.717) is 6.10 Å². The second-order valence-corrected chi connectivity index (χ2v) is 7.72. The van der Waals surface area contributed by atoms with Crippen molar-refractivity contribution in [2.45, 2.75) is 83.2 Å². The monoisotopic (exact) mass is 318 g/mol. The van der Waals surface area contributed by atoms with Crippen LogP contribution in [0.5, 0.6) is 0 Å². The standard InChI is InChI=1S/C20H30O3/c1-13-5-7-17(21)14(2)6-8-19-20(4,23-19)10-9-16-15(3)12-22-18(16)11-13/h11,17-19,21H,2,5-10,12H2,1,3-4H3/b13-11+/t17-,18+,19-,20-/m1/s1. The molecule has 3 heteroatoms. The Morgan fingerprint density at radius 3 is 2.78 bits per heavy atom. The van der Waals surface area contributed by atoms with E-state index in [9.17, 15) is 5.11 Å². The molecule has 3 rings (SSSR count). The summed E-state index contributed by atoms with van der Waals surface area (Å²) < 4.78 is 11.9. The van der Waals surface area contributed by atoms with E-state index in [1.807, 2.05) is 0 Å². The first-order valence-electron chi connectivity index (χ1n) is 8.90. The summed E-state index contributed by atoms with van der Waals surface area (Å²) in [6, 6.07) is 0. The van der Waals surface area contributed by atoms with E-state index in [2.05, 4.69) is 33.4 Å². The average molecular weight is 318 g/mol. The molecular weight excluding hydrogens is 288 g/mol. The highest BCUT2D eigenvalue weighted by Crippen LogP contribution is 2.45. The summed E-state index contributed by atoms with van der Waals surface area (Å²) in [4.78, 5) is 0. The van der Waals surface area contributed by atoms with Gasteiger partial charge in [-0.25, -0.2) is 0 Å². The molecule has 3 aliphatic rings. The number of epoxide rings is 1. The zero-order valence-corrected chi connectivity index (χ0v) is 14.7. The number of aliphatic hydroxyl groups excluding tert-OH is 1. The van der Waals surface area contributed by atoms with Crippen molar-refractivity contribution in [2.24, 2.45) is 0 Å². The molecule has 0 spiro atoms. The maximum absolute atomic E-state index is 10.3. The number of aliphatic hydroxyl groups is 1. The van der Waals surface area contributed by atoms with Crippen LogP contribution in [0.15, 0.2) is 34.9 Å². The van der Waals surface area contributed by atoms with E-state index in [-0.39, 0.29) is 11.7 Å². The molecule has 4 atom stereocenters. The molecule has 1 saturated heterocycles. The Bertz CT molecular complexity index is 545. The molecule has 0 radical (unpaired) electrons. The van der Waals surface area contributed by atoms with Crippen molar-refractivity contribution in [1.29, 1.82) is 0 Å². The predicted molar refractivity (Wildman–Crippen MR) is 92.3 cm³/mol. The number of allylic oxidation sites excluding steroid dienone is 1. The second kappa shape index (κ2) is 6.54. The van der Waals surface area contributed by atoms with Gasteiger partial charge in [-0.15, -0.1) is 0 Å². The Labute approximate surface area is 140 Å². The van der Waals surface area contributed by atoms with Crippen LogP contribution in [0, 0.1) is 0 Å². The summed E-state index contributed by atoms with van der Waals surface area (Å²) in [5.74, 6) is 0. The summed E-state index contributed by atoms with van der Waals surface area (Å²) in [5, 5.41) is 10.3. The lowest BCUT2D eigenvalue weighted by atomic mass is 9.90. The molecule has 0 bridgehead atoms. The Morgan fingerprint density at radius 1 is 1.22 bits per heavy atom. The first kappa shape index (κ1) is 16.9. The van der Waals surface area contributed by atoms with Crippen LogP contribution in [-0.2, 0) is 9.47 Å². The van der Waals surface area contributed by atoms with E-state index in [1.165, 1.54) is 16.7 Å². The normalized spacial score (nSPS) is 41.7. The summed E-state index contributed by atoms with van der Waals surface area (Å²) in [6.07, 6.45) is 7.82. The van der Waals surface area contributed by atoms with Crippen LogP contribution in [0.2, 0.25) is 0 Å². The van der Waals surface area contributed by atoms with Gasteiger partial charge in [0.15, 0.2) is 0 Å². The van der Waals surface area contributed by atoms with Crippen LogP contribution >= 0.6 is 0 Å². The van der Waals surface area contributed by atoms with Gasteiger partial charge in [-0.05, 0) is 76.0 Å². The van der Waals surface area contributed by atoms with E-state index in [0.717, 1.165) is 50.7 Å². The molecule has 0 aromatic heterocycles. The molecule has 1 aliphatic carbocycles. The van der Waals surface area contributed by atoms with E-state index in [4.69, 9.17) is 9.47 Å². The quantitative estimate of drug-likeness (QED) is 0.540. The molecule has 2 aliphatic heterocycles. The van der Waals surface area contributed by atoms with Crippen molar-refractivity contribution in [3.63, 3.8) is 0 Å².